The van der Waals surface area contributed by atoms with Gasteiger partial charge in [0, 0.05) is 11.6 Å². The van der Waals surface area contributed by atoms with E-state index in [0.717, 1.165) is 5.56 Å². The van der Waals surface area contributed by atoms with E-state index in [1.165, 1.54) is 30.1 Å². The molecule has 0 N–H and O–H groups in total. The lowest BCUT2D eigenvalue weighted by atomic mass is 9.95. The van der Waals surface area contributed by atoms with Crippen molar-refractivity contribution in [3.63, 3.8) is 0 Å². The predicted molar refractivity (Wildman–Crippen MR) is 143 cm³/mol. The van der Waals surface area contributed by atoms with Gasteiger partial charge in [0.2, 0.25) is 0 Å². The Morgan fingerprint density at radius 1 is 1.03 bits per heavy atom. The van der Waals surface area contributed by atoms with E-state index in [-0.39, 0.29) is 11.1 Å². The first kappa shape index (κ1) is 25.4. The van der Waals surface area contributed by atoms with Gasteiger partial charge in [-0.05, 0) is 48.9 Å². The Morgan fingerprint density at radius 3 is 2.42 bits per heavy atom. The number of thiazole rings is 1. The largest absolute Gasteiger partial charge is 0.466 e. The van der Waals surface area contributed by atoms with Crippen LogP contribution in [-0.4, -0.2) is 30.7 Å². The van der Waals surface area contributed by atoms with Gasteiger partial charge in [0.15, 0.2) is 4.80 Å². The number of halogens is 1. The van der Waals surface area contributed by atoms with E-state index >= 15 is 0 Å². The number of esters is 2. The monoisotopic (exact) mass is 548 g/mol. The average Bonchev–Trinajstić information content (AvgIpc) is 3.51. The second-order valence-corrected chi connectivity index (χ2v) is 9.79. The second kappa shape index (κ2) is 10.3. The SMILES string of the molecule is COC(=O)C1=C(C)N=c2s/c(=C\c3ccc(-c4ccccc4Cl)o3)c(=O)n2[C@@H]1c1ccc(C(=O)OC)cc1. The van der Waals surface area contributed by atoms with Crippen molar-refractivity contribution in [3.05, 3.63) is 114 Å². The molecular formula is C28H21ClN2O6S. The van der Waals surface area contributed by atoms with Crippen molar-refractivity contribution >= 4 is 41.0 Å². The van der Waals surface area contributed by atoms with E-state index in [9.17, 15) is 14.4 Å². The summed E-state index contributed by atoms with van der Waals surface area (Å²) < 4.78 is 17.6. The van der Waals surface area contributed by atoms with Gasteiger partial charge in [-0.25, -0.2) is 14.6 Å². The maximum absolute atomic E-state index is 13.7. The fourth-order valence-corrected chi connectivity index (χ4v) is 5.55. The van der Waals surface area contributed by atoms with Crippen LogP contribution in [-0.2, 0) is 14.3 Å². The van der Waals surface area contributed by atoms with Crippen LogP contribution in [0.1, 0.15) is 34.6 Å². The molecule has 0 spiro atoms. The number of nitrogens with zero attached hydrogens (tertiary/aromatic N) is 2. The molecular weight excluding hydrogens is 528 g/mol. The molecule has 3 heterocycles. The summed E-state index contributed by atoms with van der Waals surface area (Å²) >= 11 is 7.48. The van der Waals surface area contributed by atoms with Crippen LogP contribution in [0.3, 0.4) is 0 Å². The second-order valence-electron chi connectivity index (χ2n) is 8.37. The number of carbonyl (C=O) groups excluding carboxylic acids is 2. The topological polar surface area (TPSA) is 100 Å². The van der Waals surface area contributed by atoms with Crippen molar-refractivity contribution in [2.24, 2.45) is 4.99 Å². The van der Waals surface area contributed by atoms with Crippen LogP contribution in [0.2, 0.25) is 5.02 Å². The Kier molecular flexibility index (Phi) is 6.88. The van der Waals surface area contributed by atoms with Gasteiger partial charge in [0.05, 0.1) is 46.7 Å². The van der Waals surface area contributed by atoms with E-state index in [4.69, 9.17) is 25.5 Å². The third kappa shape index (κ3) is 4.51. The van der Waals surface area contributed by atoms with E-state index in [2.05, 4.69) is 4.99 Å². The van der Waals surface area contributed by atoms with Crippen molar-refractivity contribution in [2.45, 2.75) is 13.0 Å². The van der Waals surface area contributed by atoms with Gasteiger partial charge in [0.25, 0.3) is 5.56 Å². The van der Waals surface area contributed by atoms with Crippen LogP contribution < -0.4 is 14.9 Å². The minimum atomic E-state index is -0.803. The van der Waals surface area contributed by atoms with Crippen LogP contribution in [0.5, 0.6) is 0 Å². The molecule has 0 aliphatic carbocycles. The molecule has 192 valence electrons. The highest BCUT2D eigenvalue weighted by molar-refractivity contribution is 7.07. The first-order chi connectivity index (χ1) is 18.3. The summed E-state index contributed by atoms with van der Waals surface area (Å²) in [5.74, 6) is -0.0527. The van der Waals surface area contributed by atoms with E-state index in [1.807, 2.05) is 18.2 Å². The highest BCUT2D eigenvalue weighted by Gasteiger charge is 2.33. The molecule has 2 aromatic carbocycles. The molecule has 0 saturated carbocycles. The minimum Gasteiger partial charge on any atom is -0.466 e. The normalized spacial score (nSPS) is 15.2. The van der Waals surface area contributed by atoms with Crippen LogP contribution in [0.25, 0.3) is 17.4 Å². The standard InChI is InChI=1S/C28H21ClN2O6S/c1-15-23(27(34)36-3)24(16-8-10-17(11-9-16)26(33)35-2)31-25(32)22(38-28(31)30-15)14-18-12-13-21(37-18)19-6-4-5-7-20(19)29/h4-14,24H,1-3H3/b22-14-/t24-/m1/s1. The predicted octanol–water partition coefficient (Wildman–Crippen LogP) is 4.11. The van der Waals surface area contributed by atoms with Crippen molar-refractivity contribution in [1.29, 1.82) is 0 Å². The van der Waals surface area contributed by atoms with E-state index in [0.29, 0.717) is 42.7 Å². The number of allylic oxidation sites excluding steroid dienone is 1. The third-order valence-electron chi connectivity index (χ3n) is 6.11. The van der Waals surface area contributed by atoms with Gasteiger partial charge < -0.3 is 13.9 Å². The number of furan rings is 1. The Morgan fingerprint density at radius 2 is 1.74 bits per heavy atom. The number of aromatic nitrogens is 1. The maximum Gasteiger partial charge on any atom is 0.338 e. The number of benzene rings is 2. The fraction of sp³-hybridized carbons (Fsp3) is 0.143. The summed E-state index contributed by atoms with van der Waals surface area (Å²) in [6.45, 7) is 1.70. The Hall–Kier alpha value is -4.21. The zero-order valence-corrected chi connectivity index (χ0v) is 22.1. The number of methoxy groups -OCH3 is 2. The third-order valence-corrected chi connectivity index (χ3v) is 7.43. The van der Waals surface area contributed by atoms with Crippen molar-refractivity contribution < 1.29 is 23.5 Å². The zero-order chi connectivity index (χ0) is 27.0. The Bertz CT molecular complexity index is 1780. The molecule has 1 aliphatic heterocycles. The van der Waals surface area contributed by atoms with Crippen LogP contribution in [0.4, 0.5) is 0 Å². The van der Waals surface area contributed by atoms with E-state index < -0.39 is 18.0 Å². The van der Waals surface area contributed by atoms with Gasteiger partial charge in [-0.1, -0.05) is 47.2 Å². The molecule has 0 bridgehead atoms. The lowest BCUT2D eigenvalue weighted by Gasteiger charge is -2.24. The summed E-state index contributed by atoms with van der Waals surface area (Å²) in [7, 11) is 2.57. The van der Waals surface area contributed by atoms with Gasteiger partial charge in [-0.15, -0.1) is 0 Å². The number of carbonyl (C=O) groups is 2. The first-order valence-electron chi connectivity index (χ1n) is 11.5. The Labute approximate surface area is 225 Å². The molecule has 38 heavy (non-hydrogen) atoms. The highest BCUT2D eigenvalue weighted by Crippen LogP contribution is 2.31. The van der Waals surface area contributed by atoms with Crippen molar-refractivity contribution in [1.82, 2.24) is 4.57 Å². The van der Waals surface area contributed by atoms with Gasteiger partial charge >= 0.3 is 11.9 Å². The van der Waals surface area contributed by atoms with Crippen molar-refractivity contribution in [2.75, 3.05) is 14.2 Å². The molecule has 0 saturated heterocycles. The summed E-state index contributed by atoms with van der Waals surface area (Å²) in [5, 5.41) is 0.553. The molecule has 0 amide bonds. The fourth-order valence-electron chi connectivity index (χ4n) is 4.29. The number of rotatable bonds is 5. The molecule has 0 unspecified atom stereocenters. The van der Waals surface area contributed by atoms with Gasteiger partial charge in [0.1, 0.15) is 11.5 Å². The molecule has 4 aromatic rings. The summed E-state index contributed by atoms with van der Waals surface area (Å²) in [6.07, 6.45) is 1.64. The first-order valence-corrected chi connectivity index (χ1v) is 12.7. The Balaban J connectivity index is 1.63. The highest BCUT2D eigenvalue weighted by atomic mass is 35.5. The van der Waals surface area contributed by atoms with Crippen molar-refractivity contribution in [3.8, 4) is 11.3 Å². The zero-order valence-electron chi connectivity index (χ0n) is 20.6. The summed E-state index contributed by atoms with van der Waals surface area (Å²) in [4.78, 5) is 43.4. The average molecular weight is 549 g/mol. The van der Waals surface area contributed by atoms with Crippen LogP contribution in [0.15, 0.2) is 86.1 Å². The molecule has 8 nitrogen and oxygen atoms in total. The lowest BCUT2D eigenvalue weighted by Crippen LogP contribution is -2.39. The number of ether oxygens (including phenoxy) is 2. The summed E-state index contributed by atoms with van der Waals surface area (Å²) in [6, 6.07) is 16.6. The van der Waals surface area contributed by atoms with Gasteiger partial charge in [-0.3, -0.25) is 9.36 Å². The quantitative estimate of drug-likeness (QED) is 0.348. The smallest absolute Gasteiger partial charge is 0.338 e. The molecule has 10 heteroatoms. The van der Waals surface area contributed by atoms with Crippen LogP contribution >= 0.6 is 22.9 Å². The molecule has 0 radical (unpaired) electrons. The van der Waals surface area contributed by atoms with E-state index in [1.54, 1.807) is 55.5 Å². The molecule has 5 rings (SSSR count). The number of hydrogen-bond acceptors (Lipinski definition) is 8. The summed E-state index contributed by atoms with van der Waals surface area (Å²) in [5.41, 5.74) is 2.02. The molecule has 2 aromatic heterocycles. The van der Waals surface area contributed by atoms with Gasteiger partial charge in [-0.2, -0.15) is 0 Å². The molecule has 1 aliphatic rings. The molecule has 1 atom stereocenters. The number of hydrogen-bond donors (Lipinski definition) is 0. The number of fused-ring (bicyclic) bond motifs is 1. The lowest BCUT2D eigenvalue weighted by molar-refractivity contribution is -0.136. The molecule has 0 fully saturated rings. The minimum absolute atomic E-state index is 0.233. The maximum atomic E-state index is 13.7. The van der Waals surface area contributed by atoms with Crippen LogP contribution in [0, 0.1) is 0 Å².